The Kier molecular flexibility index (Phi) is 7.96. The van der Waals surface area contributed by atoms with E-state index in [9.17, 15) is 18.0 Å². The van der Waals surface area contributed by atoms with E-state index in [1.807, 2.05) is 0 Å². The van der Waals surface area contributed by atoms with Crippen molar-refractivity contribution in [1.82, 2.24) is 4.72 Å². The van der Waals surface area contributed by atoms with Crippen molar-refractivity contribution in [2.75, 3.05) is 45.9 Å². The molecule has 0 aromatic heterocycles. The zero-order chi connectivity index (χ0) is 23.8. The van der Waals surface area contributed by atoms with Gasteiger partial charge in [-0.3, -0.25) is 9.59 Å². The fourth-order valence-electron chi connectivity index (χ4n) is 2.84. The predicted octanol–water partition coefficient (Wildman–Crippen LogP) is 1.33. The highest BCUT2D eigenvalue weighted by Gasteiger charge is 2.20. The van der Waals surface area contributed by atoms with Crippen molar-refractivity contribution in [3.8, 4) is 23.0 Å². The molecule has 0 aliphatic carbocycles. The highest BCUT2D eigenvalue weighted by Crippen LogP contribution is 2.32. The number of esters is 1. The molecule has 0 bridgehead atoms. The highest BCUT2D eigenvalue weighted by atomic mass is 32.2. The van der Waals surface area contributed by atoms with Gasteiger partial charge in [0.1, 0.15) is 18.0 Å². The number of methoxy groups -OCH3 is 2. The van der Waals surface area contributed by atoms with Crippen molar-refractivity contribution in [1.29, 1.82) is 0 Å². The van der Waals surface area contributed by atoms with Gasteiger partial charge in [-0.1, -0.05) is 0 Å². The van der Waals surface area contributed by atoms with Crippen LogP contribution in [0.4, 0.5) is 5.69 Å². The summed E-state index contributed by atoms with van der Waals surface area (Å²) in [7, 11) is -1.11. The zero-order valence-corrected chi connectivity index (χ0v) is 18.9. The molecule has 3 rings (SSSR count). The maximum Gasteiger partial charge on any atom is 0.321 e. The van der Waals surface area contributed by atoms with Crippen molar-refractivity contribution in [2.24, 2.45) is 0 Å². The second-order valence-electron chi connectivity index (χ2n) is 6.76. The normalized spacial score (nSPS) is 12.9. The molecule has 178 valence electrons. The molecule has 2 N–H and O–H groups in total. The van der Waals surface area contributed by atoms with Crippen LogP contribution in [0, 0.1) is 0 Å². The summed E-state index contributed by atoms with van der Waals surface area (Å²) in [6.45, 7) is -0.404. The summed E-state index contributed by atoms with van der Waals surface area (Å²) in [5.41, 5.74) is 0.327. The van der Waals surface area contributed by atoms with E-state index in [1.54, 1.807) is 18.2 Å². The van der Waals surface area contributed by atoms with E-state index in [0.717, 1.165) is 0 Å². The molecule has 11 nitrogen and oxygen atoms in total. The number of rotatable bonds is 9. The Morgan fingerprint density at radius 2 is 1.76 bits per heavy atom. The van der Waals surface area contributed by atoms with Crippen molar-refractivity contribution < 1.29 is 41.7 Å². The van der Waals surface area contributed by atoms with Gasteiger partial charge in [-0.05, 0) is 24.3 Å². The number of ether oxygens (including phenoxy) is 5. The van der Waals surface area contributed by atoms with Crippen molar-refractivity contribution in [2.45, 2.75) is 11.3 Å². The molecule has 1 heterocycles. The lowest BCUT2D eigenvalue weighted by Gasteiger charge is -2.12. The van der Waals surface area contributed by atoms with Crippen LogP contribution < -0.4 is 29.0 Å². The number of carbonyl (C=O) groups excluding carboxylic acids is 2. The summed E-state index contributed by atoms with van der Waals surface area (Å²) in [5, 5.41) is 2.54. The van der Waals surface area contributed by atoms with E-state index in [-0.39, 0.29) is 4.90 Å². The number of anilines is 1. The van der Waals surface area contributed by atoms with Crippen molar-refractivity contribution in [3.63, 3.8) is 0 Å². The van der Waals surface area contributed by atoms with E-state index in [2.05, 4.69) is 10.0 Å². The Bertz CT molecular complexity index is 1120. The van der Waals surface area contributed by atoms with Crippen LogP contribution >= 0.6 is 0 Å². The molecule has 0 fully saturated rings. The first-order chi connectivity index (χ1) is 15.8. The molecule has 2 aromatic carbocycles. The van der Waals surface area contributed by atoms with Gasteiger partial charge in [0.05, 0.1) is 38.0 Å². The maximum atomic E-state index is 12.5. The zero-order valence-electron chi connectivity index (χ0n) is 18.1. The smallest absolute Gasteiger partial charge is 0.321 e. The number of hydrogen-bond acceptors (Lipinski definition) is 9. The Morgan fingerprint density at radius 1 is 1.00 bits per heavy atom. The molecule has 0 saturated heterocycles. The van der Waals surface area contributed by atoms with Crippen LogP contribution in [-0.4, -0.2) is 60.9 Å². The second-order valence-corrected chi connectivity index (χ2v) is 8.53. The number of sulfonamides is 1. The second kappa shape index (κ2) is 10.9. The largest absolute Gasteiger partial charge is 0.497 e. The standard InChI is InChI=1S/C21H24N2O9S/c1-28-14-4-6-17(29-2)16(10-14)23-20(24)13-32-21(25)12-22-33(26,27)15-5-7-18-19(11-15)31-9-3-8-30-18/h4-7,10-11,22H,3,8-9,12-13H2,1-2H3,(H,23,24). The average molecular weight is 480 g/mol. The molecular weight excluding hydrogens is 456 g/mol. The van der Waals surface area contributed by atoms with Gasteiger partial charge in [-0.15, -0.1) is 0 Å². The van der Waals surface area contributed by atoms with Crippen molar-refractivity contribution >= 4 is 27.6 Å². The lowest BCUT2D eigenvalue weighted by atomic mass is 10.2. The van der Waals surface area contributed by atoms with Gasteiger partial charge < -0.3 is 29.0 Å². The van der Waals surface area contributed by atoms with Crippen LogP contribution in [0.5, 0.6) is 23.0 Å². The summed E-state index contributed by atoms with van der Waals surface area (Å²) < 4.78 is 53.2. The predicted molar refractivity (Wildman–Crippen MR) is 116 cm³/mol. The molecule has 0 atom stereocenters. The van der Waals surface area contributed by atoms with E-state index < -0.39 is 35.1 Å². The van der Waals surface area contributed by atoms with E-state index in [1.165, 1.54) is 32.4 Å². The fourth-order valence-corrected chi connectivity index (χ4v) is 3.83. The third-order valence-corrected chi connectivity index (χ3v) is 5.88. The van der Waals surface area contributed by atoms with Gasteiger partial charge in [0.25, 0.3) is 5.91 Å². The van der Waals surface area contributed by atoms with Crippen LogP contribution in [0.25, 0.3) is 0 Å². The molecule has 0 unspecified atom stereocenters. The Morgan fingerprint density at radius 3 is 2.48 bits per heavy atom. The van der Waals surface area contributed by atoms with Gasteiger partial charge in [-0.2, -0.15) is 4.72 Å². The highest BCUT2D eigenvalue weighted by molar-refractivity contribution is 7.89. The van der Waals surface area contributed by atoms with E-state index in [4.69, 9.17) is 23.7 Å². The number of fused-ring (bicyclic) bond motifs is 1. The quantitative estimate of drug-likeness (QED) is 0.509. The third kappa shape index (κ3) is 6.49. The summed E-state index contributed by atoms with van der Waals surface area (Å²) >= 11 is 0. The molecular formula is C21H24N2O9S. The average Bonchev–Trinajstić information content (AvgIpc) is 3.06. The lowest BCUT2D eigenvalue weighted by molar-refractivity contribution is -0.146. The number of carbonyl (C=O) groups is 2. The van der Waals surface area contributed by atoms with Gasteiger partial charge in [0.2, 0.25) is 10.0 Å². The monoisotopic (exact) mass is 480 g/mol. The molecule has 1 aliphatic rings. The van der Waals surface area contributed by atoms with Crippen LogP contribution in [0.15, 0.2) is 41.3 Å². The molecule has 1 aliphatic heterocycles. The van der Waals surface area contributed by atoms with E-state index in [0.29, 0.717) is 48.3 Å². The minimum Gasteiger partial charge on any atom is -0.497 e. The van der Waals surface area contributed by atoms with Gasteiger partial charge in [0.15, 0.2) is 18.1 Å². The van der Waals surface area contributed by atoms with Crippen LogP contribution in [0.1, 0.15) is 6.42 Å². The first-order valence-electron chi connectivity index (χ1n) is 9.89. The molecule has 2 aromatic rings. The molecule has 0 radical (unpaired) electrons. The fraction of sp³-hybridized carbons (Fsp3) is 0.333. The molecule has 1 amide bonds. The topological polar surface area (TPSA) is 138 Å². The lowest BCUT2D eigenvalue weighted by Crippen LogP contribution is -2.32. The first-order valence-corrected chi connectivity index (χ1v) is 11.4. The SMILES string of the molecule is COc1ccc(OC)c(NC(=O)COC(=O)CNS(=O)(=O)c2ccc3c(c2)OCCCO3)c1. The molecule has 0 spiro atoms. The van der Waals surface area contributed by atoms with Crippen LogP contribution in [0.3, 0.4) is 0 Å². The number of nitrogens with one attached hydrogen (secondary N) is 2. The van der Waals surface area contributed by atoms with Crippen LogP contribution in [-0.2, 0) is 24.3 Å². The third-order valence-electron chi connectivity index (χ3n) is 4.48. The van der Waals surface area contributed by atoms with E-state index >= 15 is 0 Å². The van der Waals surface area contributed by atoms with Gasteiger partial charge in [-0.25, -0.2) is 8.42 Å². The Hall–Kier alpha value is -3.51. The summed E-state index contributed by atoms with van der Waals surface area (Å²) in [6, 6.07) is 8.96. The summed E-state index contributed by atoms with van der Waals surface area (Å²) in [6.07, 6.45) is 0.680. The Labute approximate surface area is 191 Å². The molecule has 33 heavy (non-hydrogen) atoms. The molecule has 12 heteroatoms. The van der Waals surface area contributed by atoms with Gasteiger partial charge in [0, 0.05) is 18.6 Å². The molecule has 0 saturated carbocycles. The van der Waals surface area contributed by atoms with Crippen molar-refractivity contribution in [3.05, 3.63) is 36.4 Å². The van der Waals surface area contributed by atoms with Crippen LogP contribution in [0.2, 0.25) is 0 Å². The minimum atomic E-state index is -4.02. The summed E-state index contributed by atoms with van der Waals surface area (Å²) in [5.74, 6) is 0.0686. The Balaban J connectivity index is 1.52. The maximum absolute atomic E-state index is 12.5. The summed E-state index contributed by atoms with van der Waals surface area (Å²) in [4.78, 5) is 24.0. The number of amides is 1. The minimum absolute atomic E-state index is 0.0950. The first kappa shape index (κ1) is 24.1. The van der Waals surface area contributed by atoms with Gasteiger partial charge >= 0.3 is 5.97 Å². The number of hydrogen-bond donors (Lipinski definition) is 2. The number of benzene rings is 2.